The first-order chi connectivity index (χ1) is 9.10. The zero-order chi connectivity index (χ0) is 13.8. The summed E-state index contributed by atoms with van der Waals surface area (Å²) in [4.78, 5) is 0. The third-order valence-corrected chi connectivity index (χ3v) is 4.27. The Bertz CT molecular complexity index is 551. The highest BCUT2D eigenvalue weighted by molar-refractivity contribution is 14.1. The molecule has 0 fully saturated rings. The third kappa shape index (κ3) is 3.94. The van der Waals surface area contributed by atoms with Crippen molar-refractivity contribution in [3.8, 4) is 0 Å². The van der Waals surface area contributed by atoms with Gasteiger partial charge in [-0.05, 0) is 83.9 Å². The molecule has 19 heavy (non-hydrogen) atoms. The summed E-state index contributed by atoms with van der Waals surface area (Å²) < 4.78 is 1.27. The van der Waals surface area contributed by atoms with E-state index in [9.17, 15) is 0 Å². The summed E-state index contributed by atoms with van der Waals surface area (Å²) in [6, 6.07) is 15.0. The van der Waals surface area contributed by atoms with Crippen molar-refractivity contribution in [2.75, 3.05) is 7.05 Å². The Kier molecular flexibility index (Phi) is 5.25. The fourth-order valence-electron chi connectivity index (χ4n) is 2.21. The Morgan fingerprint density at radius 3 is 2.47 bits per heavy atom. The van der Waals surface area contributed by atoms with Crippen molar-refractivity contribution in [1.29, 1.82) is 0 Å². The molecular weight excluding hydrogens is 369 g/mol. The molecule has 1 atom stereocenters. The van der Waals surface area contributed by atoms with E-state index in [-0.39, 0.29) is 0 Å². The van der Waals surface area contributed by atoms with Gasteiger partial charge in [-0.15, -0.1) is 0 Å². The molecule has 2 rings (SSSR count). The monoisotopic (exact) mass is 385 g/mol. The first-order valence-corrected chi connectivity index (χ1v) is 7.73. The molecule has 0 bridgehead atoms. The minimum Gasteiger partial charge on any atom is -0.313 e. The van der Waals surface area contributed by atoms with Crippen LogP contribution >= 0.6 is 34.2 Å². The quantitative estimate of drug-likeness (QED) is 0.749. The molecule has 0 heterocycles. The second kappa shape index (κ2) is 6.73. The number of hydrogen-bond donors (Lipinski definition) is 1. The molecule has 0 aromatic heterocycles. The smallest absolute Gasteiger partial charge is 0.0409 e. The van der Waals surface area contributed by atoms with E-state index in [4.69, 9.17) is 11.6 Å². The van der Waals surface area contributed by atoms with Gasteiger partial charge in [0.05, 0.1) is 0 Å². The van der Waals surface area contributed by atoms with E-state index in [1.807, 2.05) is 13.1 Å². The van der Waals surface area contributed by atoms with E-state index in [0.717, 1.165) is 11.4 Å². The van der Waals surface area contributed by atoms with E-state index in [1.54, 1.807) is 0 Å². The van der Waals surface area contributed by atoms with E-state index in [2.05, 4.69) is 71.2 Å². The molecule has 0 saturated carbocycles. The summed E-state index contributed by atoms with van der Waals surface area (Å²) >= 11 is 8.44. The van der Waals surface area contributed by atoms with Crippen molar-refractivity contribution in [3.05, 3.63) is 67.7 Å². The lowest BCUT2D eigenvalue weighted by atomic mass is 9.95. The van der Waals surface area contributed by atoms with Gasteiger partial charge in [-0.3, -0.25) is 0 Å². The molecule has 0 aliphatic heterocycles. The van der Waals surface area contributed by atoms with Crippen LogP contribution < -0.4 is 5.32 Å². The summed E-state index contributed by atoms with van der Waals surface area (Å²) in [6.45, 7) is 2.13. The van der Waals surface area contributed by atoms with Gasteiger partial charge in [0.25, 0.3) is 0 Å². The molecule has 0 radical (unpaired) electrons. The lowest BCUT2D eigenvalue weighted by Gasteiger charge is -2.19. The molecule has 2 aromatic rings. The van der Waals surface area contributed by atoms with Crippen molar-refractivity contribution < 1.29 is 0 Å². The molecule has 2 aromatic carbocycles. The van der Waals surface area contributed by atoms with Crippen LogP contribution in [0.4, 0.5) is 0 Å². The van der Waals surface area contributed by atoms with Gasteiger partial charge in [0, 0.05) is 14.6 Å². The summed E-state index contributed by atoms with van der Waals surface area (Å²) in [7, 11) is 2.00. The highest BCUT2D eigenvalue weighted by Gasteiger charge is 2.13. The van der Waals surface area contributed by atoms with Crippen molar-refractivity contribution in [2.24, 2.45) is 0 Å². The zero-order valence-corrected chi connectivity index (χ0v) is 14.0. The molecule has 0 amide bonds. The molecule has 100 valence electrons. The van der Waals surface area contributed by atoms with Crippen LogP contribution in [0.15, 0.2) is 42.5 Å². The average molecular weight is 386 g/mol. The lowest BCUT2D eigenvalue weighted by Crippen LogP contribution is -2.19. The molecule has 1 nitrogen and oxygen atoms in total. The van der Waals surface area contributed by atoms with E-state index in [1.165, 1.54) is 20.3 Å². The second-order valence-electron chi connectivity index (χ2n) is 4.67. The van der Waals surface area contributed by atoms with Crippen molar-refractivity contribution in [3.63, 3.8) is 0 Å². The number of likely N-dealkylation sites (N-methyl/N-ethyl adjacent to an activating group) is 1. The van der Waals surface area contributed by atoms with Gasteiger partial charge in [0.2, 0.25) is 0 Å². The van der Waals surface area contributed by atoms with Crippen LogP contribution in [0, 0.1) is 10.5 Å². The van der Waals surface area contributed by atoms with Crippen molar-refractivity contribution >= 4 is 34.2 Å². The molecule has 3 heteroatoms. The number of rotatable bonds is 4. The largest absolute Gasteiger partial charge is 0.313 e. The molecule has 1 N–H and O–H groups in total. The summed E-state index contributed by atoms with van der Waals surface area (Å²) in [6.07, 6.45) is 0.967. The Balaban J connectivity index is 2.24. The average Bonchev–Trinajstić information content (AvgIpc) is 2.41. The molecular formula is C16H17ClIN. The maximum Gasteiger partial charge on any atom is 0.0409 e. The van der Waals surface area contributed by atoms with Crippen LogP contribution in [0.25, 0.3) is 0 Å². The fraction of sp³-hybridized carbons (Fsp3) is 0.250. The van der Waals surface area contributed by atoms with Crippen LogP contribution in [-0.4, -0.2) is 7.05 Å². The maximum absolute atomic E-state index is 6.11. The van der Waals surface area contributed by atoms with Crippen LogP contribution in [0.3, 0.4) is 0 Å². The number of halogens is 2. The van der Waals surface area contributed by atoms with Gasteiger partial charge in [-0.25, -0.2) is 0 Å². The van der Waals surface area contributed by atoms with Gasteiger partial charge in [0.1, 0.15) is 0 Å². The lowest BCUT2D eigenvalue weighted by molar-refractivity contribution is 0.589. The van der Waals surface area contributed by atoms with E-state index < -0.39 is 0 Å². The summed E-state index contributed by atoms with van der Waals surface area (Å²) in [5.41, 5.74) is 3.88. The number of hydrogen-bond acceptors (Lipinski definition) is 1. The van der Waals surface area contributed by atoms with Gasteiger partial charge < -0.3 is 5.32 Å². The van der Waals surface area contributed by atoms with Crippen LogP contribution in [-0.2, 0) is 6.42 Å². The number of benzene rings is 2. The first-order valence-electron chi connectivity index (χ1n) is 6.28. The molecule has 0 spiro atoms. The Morgan fingerprint density at radius 2 is 1.84 bits per heavy atom. The first kappa shape index (κ1) is 14.8. The topological polar surface area (TPSA) is 12.0 Å². The normalized spacial score (nSPS) is 12.4. The summed E-state index contributed by atoms with van der Waals surface area (Å²) in [5.74, 6) is 0. The standard InChI is InChI=1S/C16H17ClIN/c1-11-3-6-13(17)10-15(11)16(19-2)9-12-4-7-14(18)8-5-12/h3-8,10,16,19H,9H2,1-2H3. The Morgan fingerprint density at radius 1 is 1.16 bits per heavy atom. The second-order valence-corrected chi connectivity index (χ2v) is 6.35. The Labute approximate surface area is 133 Å². The SMILES string of the molecule is CNC(Cc1ccc(I)cc1)c1cc(Cl)ccc1C. The number of aryl methyl sites for hydroxylation is 1. The molecule has 0 aliphatic rings. The van der Waals surface area contributed by atoms with Crippen molar-refractivity contribution in [2.45, 2.75) is 19.4 Å². The molecule has 1 unspecified atom stereocenters. The van der Waals surface area contributed by atoms with Crippen molar-refractivity contribution in [1.82, 2.24) is 5.32 Å². The zero-order valence-electron chi connectivity index (χ0n) is 11.1. The van der Waals surface area contributed by atoms with Gasteiger partial charge in [-0.1, -0.05) is 29.8 Å². The maximum atomic E-state index is 6.11. The van der Waals surface area contributed by atoms with E-state index >= 15 is 0 Å². The van der Waals surface area contributed by atoms with Crippen LogP contribution in [0.5, 0.6) is 0 Å². The van der Waals surface area contributed by atoms with Gasteiger partial charge in [0.15, 0.2) is 0 Å². The molecule has 0 aliphatic carbocycles. The minimum atomic E-state index is 0.291. The van der Waals surface area contributed by atoms with Crippen LogP contribution in [0.2, 0.25) is 5.02 Å². The summed E-state index contributed by atoms with van der Waals surface area (Å²) in [5, 5.41) is 4.18. The minimum absolute atomic E-state index is 0.291. The third-order valence-electron chi connectivity index (χ3n) is 3.32. The molecule has 0 saturated heterocycles. The van der Waals surface area contributed by atoms with E-state index in [0.29, 0.717) is 6.04 Å². The predicted octanol–water partition coefficient (Wildman–Crippen LogP) is 4.76. The Hall–Kier alpha value is -0.580. The van der Waals surface area contributed by atoms with Gasteiger partial charge in [-0.2, -0.15) is 0 Å². The highest BCUT2D eigenvalue weighted by atomic mass is 127. The fourth-order valence-corrected chi connectivity index (χ4v) is 2.75. The van der Waals surface area contributed by atoms with Gasteiger partial charge >= 0.3 is 0 Å². The van der Waals surface area contributed by atoms with Crippen LogP contribution in [0.1, 0.15) is 22.7 Å². The highest BCUT2D eigenvalue weighted by Crippen LogP contribution is 2.25. The predicted molar refractivity (Wildman–Crippen MR) is 90.9 cm³/mol. The number of nitrogens with one attached hydrogen (secondary N) is 1.